The summed E-state index contributed by atoms with van der Waals surface area (Å²) in [5.74, 6) is -0.201. The van der Waals surface area contributed by atoms with Gasteiger partial charge in [-0.1, -0.05) is 102 Å². The van der Waals surface area contributed by atoms with Crippen LogP contribution in [0.25, 0.3) is 0 Å². The standard InChI is InChI=1S/C43H47N7O6S/c1-42(2,3)56-41(53)46-23-13-22-45-39(44)50-27-30-20-21-35(26-31(30)28-50)54-24-25-55-49-37(38(51)52)36-29-57-40(47-36)48-43(32-14-7-4-8-15-32,33-16-9-5-10-17-33)34-18-11-6-12-19-34/h4-12,14-21,26,29H,13,22-25,27-28H2,1-3H3,(H2,44,45)(H,46,53)(H,47,48)(H,51,52)/b49-37-. The smallest absolute Gasteiger partial charge is 0.407 e. The van der Waals surface area contributed by atoms with Gasteiger partial charge in [-0.2, -0.15) is 0 Å². The summed E-state index contributed by atoms with van der Waals surface area (Å²) >= 11 is 1.28. The minimum atomic E-state index is -1.27. The van der Waals surface area contributed by atoms with Crippen molar-refractivity contribution >= 4 is 40.2 Å². The summed E-state index contributed by atoms with van der Waals surface area (Å²) in [6, 6.07) is 36.0. The molecule has 0 fully saturated rings. The third-order valence-electron chi connectivity index (χ3n) is 8.96. The predicted octanol–water partition coefficient (Wildman–Crippen LogP) is 6.98. The van der Waals surface area contributed by atoms with Gasteiger partial charge in [0.25, 0.3) is 0 Å². The van der Waals surface area contributed by atoms with Crippen LogP contribution in [0.5, 0.6) is 5.75 Å². The fourth-order valence-corrected chi connectivity index (χ4v) is 7.13. The number of aliphatic carboxylic acids is 1. The third kappa shape index (κ3) is 10.5. The van der Waals surface area contributed by atoms with Gasteiger partial charge in [0.2, 0.25) is 5.71 Å². The highest BCUT2D eigenvalue weighted by Crippen LogP contribution is 2.40. The molecule has 1 aliphatic heterocycles. The van der Waals surface area contributed by atoms with Gasteiger partial charge in [-0.05, 0) is 67.1 Å². The summed E-state index contributed by atoms with van der Waals surface area (Å²) in [5.41, 5.74) is 9.91. The molecule has 1 aromatic heterocycles. The molecule has 5 N–H and O–H groups in total. The van der Waals surface area contributed by atoms with Crippen LogP contribution in [0.2, 0.25) is 0 Å². The Morgan fingerprint density at radius 2 is 1.49 bits per heavy atom. The highest BCUT2D eigenvalue weighted by atomic mass is 32.1. The second-order valence-corrected chi connectivity index (χ2v) is 15.1. The molecule has 0 unspecified atom stereocenters. The van der Waals surface area contributed by atoms with E-state index in [-0.39, 0.29) is 24.6 Å². The zero-order valence-corrected chi connectivity index (χ0v) is 33.0. The number of aromatic nitrogens is 1. The van der Waals surface area contributed by atoms with Gasteiger partial charge >= 0.3 is 12.1 Å². The second kappa shape index (κ2) is 18.5. The zero-order chi connectivity index (χ0) is 40.3. The summed E-state index contributed by atoms with van der Waals surface area (Å²) in [4.78, 5) is 40.7. The molecule has 0 aliphatic carbocycles. The van der Waals surface area contributed by atoms with Crippen LogP contribution in [-0.4, -0.2) is 70.6 Å². The quantitative estimate of drug-likeness (QED) is 0.0269. The highest BCUT2D eigenvalue weighted by molar-refractivity contribution is 7.14. The Morgan fingerprint density at radius 1 is 0.877 bits per heavy atom. The molecule has 57 heavy (non-hydrogen) atoms. The largest absolute Gasteiger partial charge is 0.490 e. The van der Waals surface area contributed by atoms with Gasteiger partial charge in [0.1, 0.15) is 29.2 Å². The Balaban J connectivity index is 1.04. The molecular weight excluding hydrogens is 743 g/mol. The van der Waals surface area contributed by atoms with Gasteiger partial charge in [0.05, 0.1) is 0 Å². The van der Waals surface area contributed by atoms with Gasteiger partial charge in [-0.3, -0.25) is 4.99 Å². The number of hydrogen-bond donors (Lipinski definition) is 4. The molecule has 2 heterocycles. The molecule has 0 bridgehead atoms. The molecule has 1 aliphatic rings. The summed E-state index contributed by atoms with van der Waals surface area (Å²) in [6.45, 7) is 7.70. The molecule has 0 atom stereocenters. The minimum Gasteiger partial charge on any atom is -0.490 e. The van der Waals surface area contributed by atoms with E-state index >= 15 is 0 Å². The van der Waals surface area contributed by atoms with Crippen molar-refractivity contribution in [2.75, 3.05) is 31.6 Å². The fourth-order valence-electron chi connectivity index (χ4n) is 6.38. The number of nitrogens with zero attached hydrogens (tertiary/aromatic N) is 4. The maximum atomic E-state index is 12.3. The van der Waals surface area contributed by atoms with Gasteiger partial charge in [0.15, 0.2) is 17.7 Å². The van der Waals surface area contributed by atoms with Crippen molar-refractivity contribution in [2.24, 2.45) is 15.9 Å². The van der Waals surface area contributed by atoms with Crippen molar-refractivity contribution in [1.29, 1.82) is 0 Å². The van der Waals surface area contributed by atoms with E-state index in [4.69, 9.17) is 20.0 Å². The molecule has 296 valence electrons. The van der Waals surface area contributed by atoms with Crippen molar-refractivity contribution in [3.05, 3.63) is 148 Å². The number of guanidine groups is 1. The zero-order valence-electron chi connectivity index (χ0n) is 32.2. The van der Waals surface area contributed by atoms with Crippen LogP contribution in [0, 0.1) is 0 Å². The number of amides is 1. The molecule has 4 aromatic carbocycles. The molecule has 0 saturated carbocycles. The average molecular weight is 790 g/mol. The fraction of sp³-hybridized carbons (Fsp3) is 0.279. The van der Waals surface area contributed by atoms with Crippen LogP contribution < -0.4 is 21.1 Å². The van der Waals surface area contributed by atoms with Gasteiger partial charge in [-0.15, -0.1) is 11.3 Å². The molecular formula is C43H47N7O6S. The lowest BCUT2D eigenvalue weighted by molar-refractivity contribution is -0.129. The van der Waals surface area contributed by atoms with E-state index in [9.17, 15) is 14.7 Å². The van der Waals surface area contributed by atoms with E-state index in [0.29, 0.717) is 49.4 Å². The van der Waals surface area contributed by atoms with Gasteiger partial charge in [0, 0.05) is 31.6 Å². The number of fused-ring (bicyclic) bond motifs is 1. The molecule has 1 amide bonds. The first-order valence-corrected chi connectivity index (χ1v) is 19.5. The summed E-state index contributed by atoms with van der Waals surface area (Å²) in [5, 5.41) is 22.6. The third-order valence-corrected chi connectivity index (χ3v) is 9.72. The van der Waals surface area contributed by atoms with Crippen LogP contribution in [-0.2, 0) is 33.0 Å². The van der Waals surface area contributed by atoms with Crippen LogP contribution >= 0.6 is 11.3 Å². The number of alkyl carbamates (subject to hydrolysis) is 1. The summed E-state index contributed by atoms with van der Waals surface area (Å²) in [7, 11) is 0. The van der Waals surface area contributed by atoms with Gasteiger partial charge in [-0.25, -0.2) is 14.6 Å². The summed E-state index contributed by atoms with van der Waals surface area (Å²) < 4.78 is 11.2. The Kier molecular flexibility index (Phi) is 13.1. The molecule has 14 heteroatoms. The number of anilines is 1. The Bertz CT molecular complexity index is 2080. The van der Waals surface area contributed by atoms with Crippen molar-refractivity contribution in [2.45, 2.75) is 51.4 Å². The molecule has 13 nitrogen and oxygen atoms in total. The number of carboxylic acids is 1. The monoisotopic (exact) mass is 789 g/mol. The van der Waals surface area contributed by atoms with Crippen molar-refractivity contribution in [1.82, 2.24) is 15.2 Å². The Hall–Kier alpha value is -6.41. The number of ether oxygens (including phenoxy) is 2. The lowest BCUT2D eigenvalue weighted by atomic mass is 9.77. The van der Waals surface area contributed by atoms with E-state index in [2.05, 4.69) is 62.2 Å². The Labute approximate surface area is 336 Å². The average Bonchev–Trinajstić information content (AvgIpc) is 3.85. The molecule has 0 spiro atoms. The number of rotatable bonds is 16. The lowest BCUT2D eigenvalue weighted by Crippen LogP contribution is -2.38. The predicted molar refractivity (Wildman–Crippen MR) is 222 cm³/mol. The number of thiazole rings is 1. The Morgan fingerprint density at radius 3 is 2.09 bits per heavy atom. The normalized spacial score (nSPS) is 13.1. The van der Waals surface area contributed by atoms with Crippen LogP contribution in [0.15, 0.2) is 125 Å². The highest BCUT2D eigenvalue weighted by Gasteiger charge is 2.37. The summed E-state index contributed by atoms with van der Waals surface area (Å²) in [6.07, 6.45) is 0.170. The molecule has 6 rings (SSSR count). The first-order chi connectivity index (χ1) is 27.5. The van der Waals surface area contributed by atoms with Crippen molar-refractivity contribution in [3.8, 4) is 5.75 Å². The molecule has 0 radical (unpaired) electrons. The number of benzene rings is 4. The SMILES string of the molecule is CC(C)(C)OC(=O)NCCCN=C(N)N1Cc2ccc(OCCO/N=C(\C(=O)O)c3csc(NC(c4ccccc4)(c4ccccc4)c4ccccc4)n3)cc2C1. The number of nitrogens with two attached hydrogens (primary N) is 1. The maximum Gasteiger partial charge on any atom is 0.407 e. The van der Waals surface area contributed by atoms with E-state index < -0.39 is 23.2 Å². The van der Waals surface area contributed by atoms with E-state index in [1.165, 1.54) is 11.3 Å². The molecule has 0 saturated heterocycles. The number of hydrogen-bond acceptors (Lipinski definition) is 10. The van der Waals surface area contributed by atoms with Crippen LogP contribution in [0.3, 0.4) is 0 Å². The number of aliphatic imine (C=N–C) groups is 1. The van der Waals surface area contributed by atoms with Crippen molar-refractivity contribution in [3.63, 3.8) is 0 Å². The molecule has 5 aromatic rings. The number of carboxylic acid groups (broad SMARTS) is 1. The second-order valence-electron chi connectivity index (χ2n) is 14.2. The number of carbonyl (C=O) groups excluding carboxylic acids is 1. The lowest BCUT2D eigenvalue weighted by Gasteiger charge is -2.36. The van der Waals surface area contributed by atoms with Gasteiger partial charge < -0.3 is 40.7 Å². The minimum absolute atomic E-state index is 0.0107. The number of oxime groups is 1. The van der Waals surface area contributed by atoms with E-state index in [1.807, 2.05) is 98.5 Å². The first kappa shape index (κ1) is 40.3. The van der Waals surface area contributed by atoms with E-state index in [0.717, 1.165) is 27.8 Å². The van der Waals surface area contributed by atoms with E-state index in [1.54, 1.807) is 5.38 Å². The van der Waals surface area contributed by atoms with Crippen LogP contribution in [0.1, 0.15) is 60.7 Å². The topological polar surface area (TPSA) is 173 Å². The first-order valence-electron chi connectivity index (χ1n) is 18.6. The van der Waals surface area contributed by atoms with Crippen LogP contribution in [0.4, 0.5) is 9.93 Å². The number of nitrogens with one attached hydrogen (secondary N) is 2. The maximum absolute atomic E-state index is 12.3. The number of carbonyl (C=O) groups is 2. The van der Waals surface area contributed by atoms with Crippen molar-refractivity contribution < 1.29 is 29.0 Å².